The van der Waals surface area contributed by atoms with Gasteiger partial charge in [-0.25, -0.2) is 0 Å². The fourth-order valence-electron chi connectivity index (χ4n) is 2.89. The molecule has 0 aromatic heterocycles. The van der Waals surface area contributed by atoms with Crippen LogP contribution in [0.15, 0.2) is 0 Å². The van der Waals surface area contributed by atoms with Crippen LogP contribution in [0.3, 0.4) is 0 Å². The fourth-order valence-corrected chi connectivity index (χ4v) is 3.08. The Kier molecular flexibility index (Phi) is 7.06. The van der Waals surface area contributed by atoms with E-state index in [2.05, 4.69) is 19.2 Å². The zero-order valence-corrected chi connectivity index (χ0v) is 12.7. The number of rotatable bonds is 7. The van der Waals surface area contributed by atoms with Crippen molar-refractivity contribution < 1.29 is 4.79 Å². The van der Waals surface area contributed by atoms with E-state index in [9.17, 15) is 4.79 Å². The van der Waals surface area contributed by atoms with Crippen molar-refractivity contribution in [3.8, 4) is 0 Å². The van der Waals surface area contributed by atoms with Gasteiger partial charge in [-0.3, -0.25) is 4.79 Å². The Morgan fingerprint density at radius 2 is 1.94 bits per heavy atom. The smallest absolute Gasteiger partial charge is 0.223 e. The molecule has 1 atom stereocenters. The van der Waals surface area contributed by atoms with Crippen LogP contribution >= 0.6 is 11.6 Å². The van der Waals surface area contributed by atoms with Gasteiger partial charge in [0.05, 0.1) is 0 Å². The molecule has 1 fully saturated rings. The van der Waals surface area contributed by atoms with Gasteiger partial charge in [-0.05, 0) is 31.1 Å². The molecule has 0 aliphatic heterocycles. The van der Waals surface area contributed by atoms with Crippen LogP contribution in [0.4, 0.5) is 0 Å². The second-order valence-electron chi connectivity index (χ2n) is 6.18. The van der Waals surface area contributed by atoms with Crippen molar-refractivity contribution >= 4 is 17.5 Å². The molecule has 106 valence electrons. The van der Waals surface area contributed by atoms with Crippen LogP contribution in [0.2, 0.25) is 0 Å². The Morgan fingerprint density at radius 3 is 2.61 bits per heavy atom. The van der Waals surface area contributed by atoms with Crippen LogP contribution in [-0.2, 0) is 4.79 Å². The fraction of sp³-hybridized carbons (Fsp3) is 0.933. The van der Waals surface area contributed by atoms with Crippen molar-refractivity contribution in [2.75, 3.05) is 12.4 Å². The molecule has 0 aromatic carbocycles. The molecule has 1 amide bonds. The van der Waals surface area contributed by atoms with Gasteiger partial charge in [0.2, 0.25) is 5.91 Å². The molecule has 1 N–H and O–H groups in total. The molecular weight excluding hydrogens is 246 g/mol. The van der Waals surface area contributed by atoms with Gasteiger partial charge >= 0.3 is 0 Å². The Morgan fingerprint density at radius 1 is 1.22 bits per heavy atom. The molecule has 0 heterocycles. The lowest BCUT2D eigenvalue weighted by molar-refractivity contribution is -0.130. The minimum Gasteiger partial charge on any atom is -0.356 e. The first kappa shape index (κ1) is 15.8. The first-order chi connectivity index (χ1) is 8.58. The van der Waals surface area contributed by atoms with Gasteiger partial charge in [-0.15, -0.1) is 11.6 Å². The maximum absolute atomic E-state index is 12.2. The van der Waals surface area contributed by atoms with E-state index in [1.807, 2.05) is 0 Å². The maximum Gasteiger partial charge on any atom is 0.223 e. The quantitative estimate of drug-likeness (QED) is 0.549. The number of alkyl halides is 1. The zero-order chi connectivity index (χ0) is 13.4. The summed E-state index contributed by atoms with van der Waals surface area (Å²) in [5.41, 5.74) is 0.182. The van der Waals surface area contributed by atoms with Gasteiger partial charge in [0, 0.05) is 18.3 Å². The molecule has 0 saturated heterocycles. The Balaban J connectivity index is 2.19. The van der Waals surface area contributed by atoms with E-state index in [1.165, 1.54) is 32.1 Å². The van der Waals surface area contributed by atoms with E-state index in [-0.39, 0.29) is 17.2 Å². The van der Waals surface area contributed by atoms with E-state index in [0.717, 1.165) is 31.7 Å². The summed E-state index contributed by atoms with van der Waals surface area (Å²) in [6, 6.07) is 0. The molecule has 18 heavy (non-hydrogen) atoms. The summed E-state index contributed by atoms with van der Waals surface area (Å²) in [5, 5.41) is 3.11. The molecule has 3 heteroatoms. The first-order valence-electron chi connectivity index (χ1n) is 7.41. The van der Waals surface area contributed by atoms with Crippen LogP contribution in [0.1, 0.15) is 65.2 Å². The molecule has 2 nitrogen and oxygen atoms in total. The van der Waals surface area contributed by atoms with Crippen LogP contribution in [0.25, 0.3) is 0 Å². The molecule has 1 saturated carbocycles. The average molecular weight is 274 g/mol. The van der Waals surface area contributed by atoms with E-state index in [4.69, 9.17) is 11.6 Å². The summed E-state index contributed by atoms with van der Waals surface area (Å²) in [5.74, 6) is 1.24. The van der Waals surface area contributed by atoms with Gasteiger partial charge in [0.15, 0.2) is 0 Å². The Bertz CT molecular complexity index is 253. The largest absolute Gasteiger partial charge is 0.356 e. The van der Waals surface area contributed by atoms with Crippen molar-refractivity contribution in [3.05, 3.63) is 0 Å². The Hall–Kier alpha value is -0.240. The number of carbonyl (C=O) groups is 1. The lowest BCUT2D eigenvalue weighted by Crippen LogP contribution is -2.41. The van der Waals surface area contributed by atoms with Gasteiger partial charge < -0.3 is 5.32 Å². The highest BCUT2D eigenvalue weighted by molar-refractivity contribution is 6.17. The van der Waals surface area contributed by atoms with Crippen molar-refractivity contribution in [1.82, 2.24) is 5.32 Å². The van der Waals surface area contributed by atoms with Crippen molar-refractivity contribution in [2.45, 2.75) is 65.2 Å². The number of hydrogen-bond donors (Lipinski definition) is 1. The molecule has 1 aliphatic carbocycles. The van der Waals surface area contributed by atoms with Crippen molar-refractivity contribution in [1.29, 1.82) is 0 Å². The molecule has 0 spiro atoms. The number of halogens is 1. The highest BCUT2D eigenvalue weighted by Gasteiger charge is 2.36. The number of carbonyl (C=O) groups excluding carboxylic acids is 1. The first-order valence-corrected chi connectivity index (χ1v) is 7.95. The Labute approximate surface area is 117 Å². The molecule has 0 radical (unpaired) electrons. The van der Waals surface area contributed by atoms with E-state index in [0.29, 0.717) is 0 Å². The number of amides is 1. The topological polar surface area (TPSA) is 29.1 Å². The van der Waals surface area contributed by atoms with Crippen LogP contribution in [0.5, 0.6) is 0 Å². The molecular formula is C15H28ClNO. The molecule has 1 rings (SSSR count). The monoisotopic (exact) mass is 273 g/mol. The zero-order valence-electron chi connectivity index (χ0n) is 11.9. The minimum absolute atomic E-state index is 0.182. The lowest BCUT2D eigenvalue weighted by Gasteiger charge is -2.37. The molecule has 1 unspecified atom stereocenters. The second kappa shape index (κ2) is 8.04. The van der Waals surface area contributed by atoms with Gasteiger partial charge in [0.25, 0.3) is 0 Å². The molecule has 0 bridgehead atoms. The predicted octanol–water partition coefficient (Wildman–Crippen LogP) is 4.12. The molecule has 0 aromatic rings. The van der Waals surface area contributed by atoms with E-state index < -0.39 is 0 Å². The normalized spacial score (nSPS) is 22.7. The van der Waals surface area contributed by atoms with Crippen LogP contribution in [0, 0.1) is 11.3 Å². The highest BCUT2D eigenvalue weighted by Crippen LogP contribution is 2.40. The number of nitrogens with one attached hydrogen (secondary N) is 1. The van der Waals surface area contributed by atoms with Gasteiger partial charge in [0.1, 0.15) is 0 Å². The third-order valence-corrected chi connectivity index (χ3v) is 4.45. The van der Waals surface area contributed by atoms with E-state index in [1.54, 1.807) is 0 Å². The SMILES string of the molecule is CC1(C)CCCCC1C(=O)NCCCCCCCl. The lowest BCUT2D eigenvalue weighted by atomic mass is 9.68. The minimum atomic E-state index is 0.182. The molecule has 1 aliphatic rings. The summed E-state index contributed by atoms with van der Waals surface area (Å²) >= 11 is 5.63. The summed E-state index contributed by atoms with van der Waals surface area (Å²) in [7, 11) is 0. The summed E-state index contributed by atoms with van der Waals surface area (Å²) in [6.45, 7) is 5.29. The summed E-state index contributed by atoms with van der Waals surface area (Å²) < 4.78 is 0. The summed E-state index contributed by atoms with van der Waals surface area (Å²) in [6.07, 6.45) is 9.23. The van der Waals surface area contributed by atoms with Crippen molar-refractivity contribution in [3.63, 3.8) is 0 Å². The predicted molar refractivity (Wildman–Crippen MR) is 77.9 cm³/mol. The number of unbranched alkanes of at least 4 members (excludes halogenated alkanes) is 3. The second-order valence-corrected chi connectivity index (χ2v) is 6.56. The third kappa shape index (κ3) is 5.17. The van der Waals surface area contributed by atoms with Crippen LogP contribution in [-0.4, -0.2) is 18.3 Å². The van der Waals surface area contributed by atoms with E-state index >= 15 is 0 Å². The number of hydrogen-bond acceptors (Lipinski definition) is 1. The van der Waals surface area contributed by atoms with Gasteiger partial charge in [-0.1, -0.05) is 39.5 Å². The maximum atomic E-state index is 12.2. The highest BCUT2D eigenvalue weighted by atomic mass is 35.5. The van der Waals surface area contributed by atoms with Crippen molar-refractivity contribution in [2.24, 2.45) is 11.3 Å². The summed E-state index contributed by atoms with van der Waals surface area (Å²) in [4.78, 5) is 12.2. The van der Waals surface area contributed by atoms with Crippen LogP contribution < -0.4 is 5.32 Å². The average Bonchev–Trinajstić information content (AvgIpc) is 2.32. The standard InChI is InChI=1S/C15H28ClNO/c1-15(2)10-6-5-9-13(15)14(18)17-12-8-4-3-7-11-16/h13H,3-12H2,1-2H3,(H,17,18). The third-order valence-electron chi connectivity index (χ3n) is 4.18. The van der Waals surface area contributed by atoms with Gasteiger partial charge in [-0.2, -0.15) is 0 Å².